The maximum absolute atomic E-state index is 12.8. The predicted molar refractivity (Wildman–Crippen MR) is 86.8 cm³/mol. The first-order valence-electron chi connectivity index (χ1n) is 7.83. The van der Waals surface area contributed by atoms with E-state index in [0.29, 0.717) is 12.8 Å². The largest absolute Gasteiger partial charge is 0.468 e. The third kappa shape index (κ3) is 4.80. The van der Waals surface area contributed by atoms with Crippen LogP contribution in [0.5, 0.6) is 0 Å². The number of hydrogen-bond donors (Lipinski definition) is 1. The van der Waals surface area contributed by atoms with Gasteiger partial charge >= 0.3 is 19.0 Å². The minimum Gasteiger partial charge on any atom is -0.468 e. The van der Waals surface area contributed by atoms with Crippen LogP contribution in [0.25, 0.3) is 0 Å². The smallest absolute Gasteiger partial charge is 0.410 e. The van der Waals surface area contributed by atoms with Gasteiger partial charge in [-0.2, -0.15) is 13.2 Å². The summed E-state index contributed by atoms with van der Waals surface area (Å²) < 4.78 is 61.0. The van der Waals surface area contributed by atoms with Crippen LogP contribution in [0.3, 0.4) is 0 Å². The van der Waals surface area contributed by atoms with Crippen molar-refractivity contribution in [2.24, 2.45) is 11.8 Å². The molecule has 10 heteroatoms. The highest BCUT2D eigenvalue weighted by Crippen LogP contribution is 2.55. The van der Waals surface area contributed by atoms with Gasteiger partial charge in [0.15, 0.2) is 0 Å². The first-order valence-corrected chi connectivity index (χ1v) is 10.4. The molecule has 0 aliphatic heterocycles. The topological polar surface area (TPSA) is 64.6 Å². The van der Waals surface area contributed by atoms with Crippen molar-refractivity contribution in [3.05, 3.63) is 24.0 Å². The molecule has 142 valence electrons. The number of ether oxygens (including phenoxy) is 1. The fourth-order valence-electron chi connectivity index (χ4n) is 3.21. The number of carbonyl (C=O) groups excluding carboxylic acids is 1. The van der Waals surface area contributed by atoms with E-state index in [4.69, 9.17) is 20.5 Å². The Morgan fingerprint density at radius 1 is 1.40 bits per heavy atom. The molecule has 0 aromatic rings. The first kappa shape index (κ1) is 20.3. The van der Waals surface area contributed by atoms with Crippen molar-refractivity contribution >= 4 is 24.1 Å². The van der Waals surface area contributed by atoms with E-state index in [2.05, 4.69) is 5.09 Å². The first-order chi connectivity index (χ1) is 11.5. The van der Waals surface area contributed by atoms with Gasteiger partial charge in [0.25, 0.3) is 0 Å². The Bertz CT molecular complexity index is 629. The average molecular weight is 402 g/mol. The van der Waals surface area contributed by atoms with E-state index in [1.165, 1.54) is 20.1 Å². The van der Waals surface area contributed by atoms with Gasteiger partial charge in [0.2, 0.25) is 0 Å². The van der Waals surface area contributed by atoms with Gasteiger partial charge in [0, 0.05) is 11.2 Å². The van der Waals surface area contributed by atoms with Crippen LogP contribution in [0.4, 0.5) is 13.2 Å². The second-order valence-electron chi connectivity index (χ2n) is 6.32. The fraction of sp³-hybridized carbons (Fsp3) is 0.667. The molecule has 0 radical (unpaired) electrons. The molecule has 0 spiro atoms. The number of carbonyl (C=O) groups is 1. The normalized spacial score (nSPS) is 28.2. The Balaban J connectivity index is 2.10. The summed E-state index contributed by atoms with van der Waals surface area (Å²) in [5.74, 6) is -3.15. The van der Waals surface area contributed by atoms with E-state index in [1.807, 2.05) is 0 Å². The van der Waals surface area contributed by atoms with Crippen molar-refractivity contribution in [1.82, 2.24) is 5.09 Å². The lowest BCUT2D eigenvalue weighted by atomic mass is 9.89. The summed E-state index contributed by atoms with van der Waals surface area (Å²) in [5.41, 5.74) is -1.20. The highest BCUT2D eigenvalue weighted by Gasteiger charge is 2.48. The average Bonchev–Trinajstić information content (AvgIpc) is 2.93. The number of methoxy groups -OCH3 is 1. The molecule has 0 heterocycles. The van der Waals surface area contributed by atoms with Crippen molar-refractivity contribution in [2.45, 2.75) is 44.3 Å². The van der Waals surface area contributed by atoms with Crippen molar-refractivity contribution in [2.75, 3.05) is 7.11 Å². The number of alkyl halides is 3. The van der Waals surface area contributed by atoms with E-state index >= 15 is 0 Å². The van der Waals surface area contributed by atoms with Crippen LogP contribution in [-0.2, 0) is 18.6 Å². The summed E-state index contributed by atoms with van der Waals surface area (Å²) in [6, 6.07) is 0. The highest BCUT2D eigenvalue weighted by atomic mass is 35.7. The number of esters is 1. The molecule has 0 aromatic heterocycles. The van der Waals surface area contributed by atoms with Gasteiger partial charge in [-0.25, -0.2) is 9.65 Å². The SMILES string of the molecule is COC(=O)C1(NP(=O)(Cl)OC2=CC(C)C(C(F)(F)F)C=C2)CCCC1. The van der Waals surface area contributed by atoms with E-state index in [0.717, 1.165) is 25.0 Å². The van der Waals surface area contributed by atoms with Crippen molar-refractivity contribution < 1.29 is 31.8 Å². The summed E-state index contributed by atoms with van der Waals surface area (Å²) in [6.45, 7) is -2.63. The van der Waals surface area contributed by atoms with Crippen molar-refractivity contribution in [1.29, 1.82) is 0 Å². The van der Waals surface area contributed by atoms with Crippen LogP contribution in [-0.4, -0.2) is 24.8 Å². The van der Waals surface area contributed by atoms with Gasteiger partial charge in [-0.15, -0.1) is 0 Å². The summed E-state index contributed by atoms with van der Waals surface area (Å²) >= 11 is 5.93. The van der Waals surface area contributed by atoms with Gasteiger partial charge in [-0.3, -0.25) is 4.79 Å². The molecule has 3 unspecified atom stereocenters. The third-order valence-electron chi connectivity index (χ3n) is 4.44. The molecule has 2 aliphatic carbocycles. The minimum atomic E-state index is -4.38. The molecule has 1 N–H and O–H groups in total. The Hall–Kier alpha value is -0.980. The molecule has 0 amide bonds. The maximum Gasteiger partial charge on any atom is 0.410 e. The molecule has 0 bridgehead atoms. The molecule has 1 saturated carbocycles. The molecule has 0 saturated heterocycles. The van der Waals surface area contributed by atoms with Crippen molar-refractivity contribution in [3.8, 4) is 0 Å². The summed E-state index contributed by atoms with van der Waals surface area (Å²) in [7, 11) is 1.22. The van der Waals surface area contributed by atoms with Crippen LogP contribution < -0.4 is 5.09 Å². The lowest BCUT2D eigenvalue weighted by Gasteiger charge is -2.30. The molecule has 3 atom stereocenters. The van der Waals surface area contributed by atoms with E-state index in [-0.39, 0.29) is 5.76 Å². The Labute approximate surface area is 148 Å². The maximum atomic E-state index is 12.8. The molecule has 1 fully saturated rings. The number of nitrogens with one attached hydrogen (secondary N) is 1. The fourth-order valence-corrected chi connectivity index (χ4v) is 5.20. The zero-order valence-electron chi connectivity index (χ0n) is 13.8. The van der Waals surface area contributed by atoms with Crippen LogP contribution in [0.15, 0.2) is 24.0 Å². The predicted octanol–water partition coefficient (Wildman–Crippen LogP) is 4.69. The quantitative estimate of drug-likeness (QED) is 0.534. The molecule has 2 rings (SSSR count). The van der Waals surface area contributed by atoms with Gasteiger partial charge in [-0.1, -0.05) is 25.8 Å². The van der Waals surface area contributed by atoms with Gasteiger partial charge in [0.05, 0.1) is 13.0 Å². The number of allylic oxidation sites excluding steroid dienone is 3. The zero-order chi connectivity index (χ0) is 18.9. The molecular formula is C15H20ClF3NO4P. The summed E-state index contributed by atoms with van der Waals surface area (Å²) in [5, 5.41) is 2.55. The molecule has 0 aromatic carbocycles. The second kappa shape index (κ2) is 7.33. The second-order valence-corrected chi connectivity index (χ2v) is 9.02. The van der Waals surface area contributed by atoms with E-state index in [9.17, 15) is 22.5 Å². The van der Waals surface area contributed by atoms with Gasteiger partial charge in [0.1, 0.15) is 11.3 Å². The van der Waals surface area contributed by atoms with Crippen molar-refractivity contribution in [3.63, 3.8) is 0 Å². The van der Waals surface area contributed by atoms with Crippen LogP contribution >= 0.6 is 18.1 Å². The monoisotopic (exact) mass is 401 g/mol. The summed E-state index contributed by atoms with van der Waals surface area (Å²) in [6.07, 6.45) is 1.12. The van der Waals surface area contributed by atoms with Gasteiger partial charge in [-0.05, 0) is 30.9 Å². The zero-order valence-corrected chi connectivity index (χ0v) is 15.5. The Morgan fingerprint density at radius 3 is 2.48 bits per heavy atom. The Morgan fingerprint density at radius 2 is 2.00 bits per heavy atom. The third-order valence-corrected chi connectivity index (χ3v) is 6.04. The van der Waals surface area contributed by atoms with E-state index < -0.39 is 36.4 Å². The number of hydrogen-bond acceptors (Lipinski definition) is 4. The summed E-state index contributed by atoms with van der Waals surface area (Å²) in [4.78, 5) is 12.0. The van der Waals surface area contributed by atoms with Crippen LogP contribution in [0.2, 0.25) is 0 Å². The number of rotatable bonds is 5. The molecule has 25 heavy (non-hydrogen) atoms. The van der Waals surface area contributed by atoms with Crippen LogP contribution in [0.1, 0.15) is 32.6 Å². The lowest BCUT2D eigenvalue weighted by molar-refractivity contribution is -0.169. The molecular weight excluding hydrogens is 382 g/mol. The Kier molecular flexibility index (Phi) is 5.96. The standard InChI is InChI=1S/C15H20ClF3NO4P/c1-10-9-11(5-6-12(10)15(17,18)19)24-25(16,22)20-14(13(21)23-2)7-3-4-8-14/h5-6,9-10,12H,3-4,7-8H2,1-2H3,(H,20,22). The molecule has 5 nitrogen and oxygen atoms in total. The minimum absolute atomic E-state index is 0.0307. The van der Waals surface area contributed by atoms with Gasteiger partial charge < -0.3 is 9.26 Å². The highest BCUT2D eigenvalue weighted by molar-refractivity contribution is 7.83. The van der Waals surface area contributed by atoms with Crippen LogP contribution in [0, 0.1) is 11.8 Å². The molecule has 2 aliphatic rings. The lowest BCUT2D eigenvalue weighted by Crippen LogP contribution is -2.48. The number of halogens is 4. The van der Waals surface area contributed by atoms with E-state index in [1.54, 1.807) is 0 Å².